The second-order valence-electron chi connectivity index (χ2n) is 3.94. The molecule has 102 valence electrons. The summed E-state index contributed by atoms with van der Waals surface area (Å²) >= 11 is 3.05. The number of anilines is 1. The van der Waals surface area contributed by atoms with E-state index in [4.69, 9.17) is 0 Å². The van der Waals surface area contributed by atoms with E-state index < -0.39 is 11.7 Å². The number of halogens is 4. The number of imidazole rings is 1. The third kappa shape index (κ3) is 3.73. The van der Waals surface area contributed by atoms with Gasteiger partial charge in [-0.2, -0.15) is 13.2 Å². The molecular formula is C12H11BrF3N3. The minimum absolute atomic E-state index is 0.0789. The van der Waals surface area contributed by atoms with Crippen LogP contribution >= 0.6 is 15.9 Å². The molecule has 0 spiro atoms. The van der Waals surface area contributed by atoms with Gasteiger partial charge in [0.05, 0.1) is 11.9 Å². The van der Waals surface area contributed by atoms with Gasteiger partial charge in [-0.3, -0.25) is 0 Å². The van der Waals surface area contributed by atoms with Crippen molar-refractivity contribution >= 4 is 21.6 Å². The summed E-state index contributed by atoms with van der Waals surface area (Å²) in [5, 5.41) is 2.80. The molecule has 0 amide bonds. The molecule has 0 aliphatic rings. The smallest absolute Gasteiger partial charge is 0.384 e. The summed E-state index contributed by atoms with van der Waals surface area (Å²) in [6, 6.07) is 4.06. The maximum atomic E-state index is 12.9. The fourth-order valence-electron chi connectivity index (χ4n) is 1.66. The summed E-state index contributed by atoms with van der Waals surface area (Å²) in [6.45, 7) is 0.396. The SMILES string of the molecule is FC(F)(F)c1cc(Br)ccc1NCCc1cnc[nH]1. The second kappa shape index (κ2) is 5.64. The lowest BCUT2D eigenvalue weighted by molar-refractivity contribution is -0.137. The Hall–Kier alpha value is -1.50. The lowest BCUT2D eigenvalue weighted by atomic mass is 10.1. The lowest BCUT2D eigenvalue weighted by Gasteiger charge is -2.14. The summed E-state index contributed by atoms with van der Waals surface area (Å²) in [5.41, 5.74) is 0.278. The van der Waals surface area contributed by atoms with Gasteiger partial charge >= 0.3 is 6.18 Å². The van der Waals surface area contributed by atoms with Crippen LogP contribution in [0.3, 0.4) is 0 Å². The summed E-state index contributed by atoms with van der Waals surface area (Å²) in [6.07, 6.45) is -0.614. The van der Waals surface area contributed by atoms with E-state index >= 15 is 0 Å². The number of aromatic amines is 1. The summed E-state index contributed by atoms with van der Waals surface area (Å²) < 4.78 is 39.0. The Bertz CT molecular complexity index is 538. The molecule has 0 bridgehead atoms. The zero-order valence-electron chi connectivity index (χ0n) is 9.76. The van der Waals surface area contributed by atoms with Crippen LogP contribution in [0.4, 0.5) is 18.9 Å². The monoisotopic (exact) mass is 333 g/mol. The minimum Gasteiger partial charge on any atom is -0.384 e. The van der Waals surface area contributed by atoms with Gasteiger partial charge in [0.15, 0.2) is 0 Å². The van der Waals surface area contributed by atoms with Gasteiger partial charge in [0.25, 0.3) is 0 Å². The van der Waals surface area contributed by atoms with E-state index in [1.165, 1.54) is 12.4 Å². The van der Waals surface area contributed by atoms with Crippen LogP contribution in [0.15, 0.2) is 35.2 Å². The molecule has 1 aromatic heterocycles. The Morgan fingerprint density at radius 2 is 2.11 bits per heavy atom. The molecule has 0 radical (unpaired) electrons. The van der Waals surface area contributed by atoms with Crippen LogP contribution in [-0.4, -0.2) is 16.5 Å². The van der Waals surface area contributed by atoms with Crippen molar-refractivity contribution in [1.29, 1.82) is 0 Å². The van der Waals surface area contributed by atoms with Gasteiger partial charge in [-0.25, -0.2) is 4.98 Å². The standard InChI is InChI=1S/C12H11BrF3N3/c13-8-1-2-11(10(5-8)12(14,15)16)18-4-3-9-6-17-7-19-9/h1-2,5-7,18H,3-4H2,(H,17,19). The van der Waals surface area contributed by atoms with Crippen LogP contribution in [0.2, 0.25) is 0 Å². The van der Waals surface area contributed by atoms with Crippen molar-refractivity contribution in [3.8, 4) is 0 Å². The molecule has 0 aliphatic carbocycles. The zero-order chi connectivity index (χ0) is 13.9. The highest BCUT2D eigenvalue weighted by Gasteiger charge is 2.33. The number of benzene rings is 1. The predicted octanol–water partition coefficient (Wildman–Crippen LogP) is 3.85. The largest absolute Gasteiger partial charge is 0.418 e. The van der Waals surface area contributed by atoms with Crippen molar-refractivity contribution in [3.63, 3.8) is 0 Å². The van der Waals surface area contributed by atoms with Gasteiger partial charge in [-0.15, -0.1) is 0 Å². The van der Waals surface area contributed by atoms with Crippen molar-refractivity contribution in [2.75, 3.05) is 11.9 Å². The number of nitrogens with zero attached hydrogens (tertiary/aromatic N) is 1. The van der Waals surface area contributed by atoms with Crippen LogP contribution < -0.4 is 5.32 Å². The number of hydrogen-bond donors (Lipinski definition) is 2. The third-order valence-corrected chi connectivity index (χ3v) is 3.04. The van der Waals surface area contributed by atoms with Gasteiger partial charge in [0.2, 0.25) is 0 Å². The molecule has 2 rings (SSSR count). The summed E-state index contributed by atoms with van der Waals surface area (Å²) in [4.78, 5) is 6.74. The molecule has 0 aliphatic heterocycles. The molecule has 19 heavy (non-hydrogen) atoms. The van der Waals surface area contributed by atoms with Crippen molar-refractivity contribution < 1.29 is 13.2 Å². The Balaban J connectivity index is 2.07. The van der Waals surface area contributed by atoms with E-state index in [0.29, 0.717) is 17.4 Å². The zero-order valence-corrected chi connectivity index (χ0v) is 11.3. The van der Waals surface area contributed by atoms with Crippen molar-refractivity contribution in [2.45, 2.75) is 12.6 Å². The maximum Gasteiger partial charge on any atom is 0.418 e. The third-order valence-electron chi connectivity index (χ3n) is 2.55. The molecule has 0 saturated heterocycles. The number of hydrogen-bond acceptors (Lipinski definition) is 2. The molecule has 0 saturated carbocycles. The highest BCUT2D eigenvalue weighted by Crippen LogP contribution is 2.36. The first-order valence-corrected chi connectivity index (χ1v) is 6.34. The Labute approximate surface area is 116 Å². The van der Waals surface area contributed by atoms with Crippen LogP contribution in [0.5, 0.6) is 0 Å². The topological polar surface area (TPSA) is 40.7 Å². The van der Waals surface area contributed by atoms with Crippen molar-refractivity contribution in [2.24, 2.45) is 0 Å². The second-order valence-corrected chi connectivity index (χ2v) is 4.86. The van der Waals surface area contributed by atoms with E-state index in [0.717, 1.165) is 11.8 Å². The van der Waals surface area contributed by atoms with Crippen molar-refractivity contribution in [3.05, 3.63) is 46.5 Å². The highest BCUT2D eigenvalue weighted by molar-refractivity contribution is 9.10. The Kier molecular flexibility index (Phi) is 4.14. The molecule has 1 aromatic carbocycles. The molecule has 2 N–H and O–H groups in total. The average molecular weight is 334 g/mol. The van der Waals surface area contributed by atoms with Crippen LogP contribution in [0.25, 0.3) is 0 Å². The number of aromatic nitrogens is 2. The minimum atomic E-state index is -4.37. The first-order chi connectivity index (χ1) is 8.97. The molecule has 0 atom stereocenters. The van der Waals surface area contributed by atoms with Gasteiger partial charge in [-0.1, -0.05) is 15.9 Å². The molecule has 0 fully saturated rings. The first-order valence-electron chi connectivity index (χ1n) is 5.54. The van der Waals surface area contributed by atoms with E-state index in [-0.39, 0.29) is 5.69 Å². The summed E-state index contributed by atoms with van der Waals surface area (Å²) in [7, 11) is 0. The van der Waals surface area contributed by atoms with Gasteiger partial charge in [0.1, 0.15) is 0 Å². The maximum absolute atomic E-state index is 12.9. The van der Waals surface area contributed by atoms with E-state index in [1.807, 2.05) is 0 Å². The summed E-state index contributed by atoms with van der Waals surface area (Å²) in [5.74, 6) is 0. The average Bonchev–Trinajstić information content (AvgIpc) is 2.83. The molecular weight excluding hydrogens is 323 g/mol. The molecule has 7 heteroatoms. The van der Waals surface area contributed by atoms with Crippen LogP contribution in [0, 0.1) is 0 Å². The van der Waals surface area contributed by atoms with Crippen LogP contribution in [-0.2, 0) is 12.6 Å². The number of nitrogens with one attached hydrogen (secondary N) is 2. The normalized spacial score (nSPS) is 11.6. The van der Waals surface area contributed by atoms with Gasteiger partial charge < -0.3 is 10.3 Å². The number of H-pyrrole nitrogens is 1. The molecule has 2 aromatic rings. The number of rotatable bonds is 4. The number of alkyl halides is 3. The lowest BCUT2D eigenvalue weighted by Crippen LogP contribution is -2.12. The van der Waals surface area contributed by atoms with Crippen molar-refractivity contribution in [1.82, 2.24) is 9.97 Å². The fourth-order valence-corrected chi connectivity index (χ4v) is 2.02. The molecule has 0 unspecified atom stereocenters. The van der Waals surface area contributed by atoms with E-state index in [1.54, 1.807) is 12.3 Å². The molecule has 3 nitrogen and oxygen atoms in total. The quantitative estimate of drug-likeness (QED) is 0.892. The van der Waals surface area contributed by atoms with E-state index in [2.05, 4.69) is 31.2 Å². The van der Waals surface area contributed by atoms with E-state index in [9.17, 15) is 13.2 Å². The first kappa shape index (κ1) is 13.9. The fraction of sp³-hybridized carbons (Fsp3) is 0.250. The van der Waals surface area contributed by atoms with Gasteiger partial charge in [-0.05, 0) is 18.2 Å². The molecule has 1 heterocycles. The highest BCUT2D eigenvalue weighted by atomic mass is 79.9. The Morgan fingerprint density at radius 3 is 2.74 bits per heavy atom. The Morgan fingerprint density at radius 1 is 1.32 bits per heavy atom. The van der Waals surface area contributed by atoms with Crippen LogP contribution in [0.1, 0.15) is 11.3 Å². The van der Waals surface area contributed by atoms with Gasteiger partial charge in [0, 0.05) is 35.0 Å². The predicted molar refractivity (Wildman–Crippen MR) is 69.9 cm³/mol.